The van der Waals surface area contributed by atoms with Crippen LogP contribution in [0.4, 0.5) is 17.1 Å². The summed E-state index contributed by atoms with van der Waals surface area (Å²) in [6.45, 7) is 0. The number of hydrogen-bond donors (Lipinski definition) is 0. The van der Waals surface area contributed by atoms with E-state index in [1.54, 1.807) is 0 Å². The molecule has 0 aliphatic heterocycles. The van der Waals surface area contributed by atoms with Crippen molar-refractivity contribution < 1.29 is 0 Å². The lowest BCUT2D eigenvalue weighted by Crippen LogP contribution is -2.12. The maximum Gasteiger partial charge on any atom is 0.0547 e. The Morgan fingerprint density at radius 3 is 1.58 bits per heavy atom. The molecule has 0 saturated heterocycles. The summed E-state index contributed by atoms with van der Waals surface area (Å²) in [5.74, 6) is 0. The minimum atomic E-state index is 1.08. The SMILES string of the molecule is c1ccc(-c2cccc3cccc(-c4ccccc4N(c4cccc(-c5cccc6sc7ccccc7c56)c4)c4ccccc4-c4cccc5c4c4ccccc4n5-c4ccccc4)c23)cc1. The third kappa shape index (κ3) is 6.47. The molecule has 11 aromatic carbocycles. The average Bonchev–Trinajstić information content (AvgIpc) is 3.96. The van der Waals surface area contributed by atoms with Gasteiger partial charge in [-0.25, -0.2) is 0 Å². The molecule has 2 heterocycles. The second-order valence-electron chi connectivity index (χ2n) is 17.2. The van der Waals surface area contributed by atoms with Gasteiger partial charge in [0.1, 0.15) is 0 Å². The zero-order valence-electron chi connectivity index (χ0n) is 36.6. The number of thiophene rings is 1. The Balaban J connectivity index is 1.09. The van der Waals surface area contributed by atoms with E-state index in [1.165, 1.54) is 86.1 Å². The highest BCUT2D eigenvalue weighted by Crippen LogP contribution is 2.50. The topological polar surface area (TPSA) is 8.17 Å². The molecule has 0 bridgehead atoms. The molecule has 2 nitrogen and oxygen atoms in total. The van der Waals surface area contributed by atoms with Crippen LogP contribution in [-0.2, 0) is 0 Å². The summed E-state index contributed by atoms with van der Waals surface area (Å²) in [4.78, 5) is 2.51. The largest absolute Gasteiger partial charge is 0.309 e. The maximum absolute atomic E-state index is 2.51. The van der Waals surface area contributed by atoms with Crippen LogP contribution in [0.25, 0.3) is 103 Å². The van der Waals surface area contributed by atoms with E-state index in [4.69, 9.17) is 0 Å². The first-order valence-corrected chi connectivity index (χ1v) is 23.7. The quantitative estimate of drug-likeness (QED) is 0.148. The zero-order chi connectivity index (χ0) is 44.3. The fourth-order valence-electron chi connectivity index (χ4n) is 10.6. The van der Waals surface area contributed by atoms with Crippen LogP contribution < -0.4 is 4.90 Å². The molecule has 3 heteroatoms. The van der Waals surface area contributed by atoms with Crippen molar-refractivity contribution in [1.29, 1.82) is 0 Å². The van der Waals surface area contributed by atoms with Gasteiger partial charge < -0.3 is 9.47 Å². The van der Waals surface area contributed by atoms with Crippen molar-refractivity contribution in [3.8, 4) is 50.2 Å². The first-order chi connectivity index (χ1) is 33.3. The number of nitrogens with zero attached hydrogens (tertiary/aromatic N) is 2. The molecule has 0 fully saturated rings. The molecule has 0 saturated carbocycles. The van der Waals surface area contributed by atoms with Crippen LogP contribution in [0.2, 0.25) is 0 Å². The van der Waals surface area contributed by atoms with Gasteiger partial charge in [-0.05, 0) is 105 Å². The Morgan fingerprint density at radius 2 is 0.821 bits per heavy atom. The summed E-state index contributed by atoms with van der Waals surface area (Å²) in [6, 6.07) is 93.3. The first-order valence-electron chi connectivity index (χ1n) is 22.9. The molecule has 0 atom stereocenters. The number of rotatable bonds is 8. The van der Waals surface area contributed by atoms with Crippen LogP contribution in [0, 0.1) is 0 Å². The highest BCUT2D eigenvalue weighted by Gasteiger charge is 2.25. The van der Waals surface area contributed by atoms with Gasteiger partial charge in [0.15, 0.2) is 0 Å². The van der Waals surface area contributed by atoms with Crippen molar-refractivity contribution in [2.75, 3.05) is 4.90 Å². The molecular formula is C64H42N2S. The second kappa shape index (κ2) is 16.2. The van der Waals surface area contributed by atoms with Gasteiger partial charge in [0, 0.05) is 53.4 Å². The number of aromatic nitrogens is 1. The van der Waals surface area contributed by atoms with Crippen LogP contribution in [0.1, 0.15) is 0 Å². The van der Waals surface area contributed by atoms with Gasteiger partial charge in [-0.3, -0.25) is 0 Å². The molecular weight excluding hydrogens is 829 g/mol. The fraction of sp³-hybridized carbons (Fsp3) is 0. The Hall–Kier alpha value is -8.50. The monoisotopic (exact) mass is 870 g/mol. The smallest absolute Gasteiger partial charge is 0.0547 e. The summed E-state index contributed by atoms with van der Waals surface area (Å²) in [5, 5.41) is 7.50. The van der Waals surface area contributed by atoms with Gasteiger partial charge in [0.25, 0.3) is 0 Å². The predicted molar refractivity (Wildman–Crippen MR) is 288 cm³/mol. The van der Waals surface area contributed by atoms with E-state index in [2.05, 4.69) is 264 Å². The summed E-state index contributed by atoms with van der Waals surface area (Å²) >= 11 is 1.86. The van der Waals surface area contributed by atoms with E-state index in [1.807, 2.05) is 11.3 Å². The predicted octanol–water partition coefficient (Wildman–Crippen LogP) is 18.4. The highest BCUT2D eigenvalue weighted by atomic mass is 32.1. The number of anilines is 3. The van der Waals surface area contributed by atoms with Gasteiger partial charge in [0.05, 0.1) is 22.4 Å². The lowest BCUT2D eigenvalue weighted by atomic mass is 9.90. The summed E-state index contributed by atoms with van der Waals surface area (Å²) < 4.78 is 5.01. The van der Waals surface area contributed by atoms with Crippen molar-refractivity contribution in [3.63, 3.8) is 0 Å². The van der Waals surface area contributed by atoms with Crippen molar-refractivity contribution >= 4 is 81.1 Å². The lowest BCUT2D eigenvalue weighted by molar-refractivity contribution is 1.18. The number of fused-ring (bicyclic) bond motifs is 7. The lowest BCUT2D eigenvalue weighted by Gasteiger charge is -2.31. The molecule has 0 aliphatic rings. The highest BCUT2D eigenvalue weighted by molar-refractivity contribution is 7.25. The van der Waals surface area contributed by atoms with Gasteiger partial charge in [-0.2, -0.15) is 0 Å². The van der Waals surface area contributed by atoms with Crippen molar-refractivity contribution in [2.24, 2.45) is 0 Å². The standard InChI is InChI=1S/C64H42N2S/c1-3-20-43(21-4-1)48-32-16-22-44-23-17-34-52(62(44)48)50-28-7-11-36-56(50)66(47-27-15-24-45(42-47)49-33-19-41-61-64(49)55-31-10-14-40-60(55)67-61)57-37-12-8-29-51(57)53-35-18-39-59-63(53)54-30-9-13-38-58(54)65(59)46-25-5-2-6-26-46/h1-42H. The van der Waals surface area contributed by atoms with Crippen LogP contribution in [0.3, 0.4) is 0 Å². The third-order valence-electron chi connectivity index (χ3n) is 13.4. The number of para-hydroxylation sites is 4. The fourth-order valence-corrected chi connectivity index (χ4v) is 11.7. The van der Waals surface area contributed by atoms with E-state index in [0.717, 1.165) is 33.9 Å². The Labute approximate surface area is 393 Å². The Morgan fingerprint density at radius 1 is 0.313 bits per heavy atom. The number of hydrogen-bond acceptors (Lipinski definition) is 2. The summed E-state index contributed by atoms with van der Waals surface area (Å²) in [6.07, 6.45) is 0. The summed E-state index contributed by atoms with van der Waals surface area (Å²) in [5.41, 5.74) is 16.3. The summed E-state index contributed by atoms with van der Waals surface area (Å²) in [7, 11) is 0. The molecule has 0 amide bonds. The van der Waals surface area contributed by atoms with Crippen LogP contribution in [0.15, 0.2) is 255 Å². The van der Waals surface area contributed by atoms with E-state index >= 15 is 0 Å². The van der Waals surface area contributed by atoms with Gasteiger partial charge in [0.2, 0.25) is 0 Å². The average molecular weight is 871 g/mol. The minimum Gasteiger partial charge on any atom is -0.309 e. The van der Waals surface area contributed by atoms with Gasteiger partial charge >= 0.3 is 0 Å². The molecule has 13 aromatic rings. The van der Waals surface area contributed by atoms with Crippen LogP contribution in [0.5, 0.6) is 0 Å². The van der Waals surface area contributed by atoms with Gasteiger partial charge in [-0.15, -0.1) is 11.3 Å². The van der Waals surface area contributed by atoms with Crippen LogP contribution >= 0.6 is 11.3 Å². The Bertz CT molecular complexity index is 3990. The number of benzene rings is 11. The molecule has 0 aliphatic carbocycles. The minimum absolute atomic E-state index is 1.08. The molecule has 314 valence electrons. The van der Waals surface area contributed by atoms with E-state index in [9.17, 15) is 0 Å². The maximum atomic E-state index is 2.51. The first kappa shape index (κ1) is 38.9. The molecule has 13 rings (SSSR count). The van der Waals surface area contributed by atoms with Crippen LogP contribution in [-0.4, -0.2) is 4.57 Å². The van der Waals surface area contributed by atoms with E-state index in [0.29, 0.717) is 0 Å². The molecule has 0 radical (unpaired) electrons. The zero-order valence-corrected chi connectivity index (χ0v) is 37.4. The van der Waals surface area contributed by atoms with Crippen molar-refractivity contribution in [2.45, 2.75) is 0 Å². The normalized spacial score (nSPS) is 11.6. The van der Waals surface area contributed by atoms with Gasteiger partial charge in [-0.1, -0.05) is 194 Å². The third-order valence-corrected chi connectivity index (χ3v) is 14.5. The Kier molecular flexibility index (Phi) is 9.40. The molecule has 0 spiro atoms. The second-order valence-corrected chi connectivity index (χ2v) is 18.2. The molecule has 0 unspecified atom stereocenters. The van der Waals surface area contributed by atoms with Crippen molar-refractivity contribution in [1.82, 2.24) is 4.57 Å². The molecule has 0 N–H and O–H groups in total. The van der Waals surface area contributed by atoms with E-state index in [-0.39, 0.29) is 0 Å². The molecule has 2 aromatic heterocycles. The van der Waals surface area contributed by atoms with Crippen molar-refractivity contribution in [3.05, 3.63) is 255 Å². The van der Waals surface area contributed by atoms with E-state index < -0.39 is 0 Å². The molecule has 67 heavy (non-hydrogen) atoms.